The molecule has 31 heavy (non-hydrogen) atoms. The average Bonchev–Trinajstić information content (AvgIpc) is 3.13. The van der Waals surface area contributed by atoms with Crippen LogP contribution >= 0.6 is 11.6 Å². The maximum absolute atomic E-state index is 12.3. The highest BCUT2D eigenvalue weighted by atomic mass is 35.5. The Labute approximate surface area is 188 Å². The van der Waals surface area contributed by atoms with Crippen molar-refractivity contribution in [3.63, 3.8) is 0 Å². The minimum absolute atomic E-state index is 0.113. The van der Waals surface area contributed by atoms with Crippen LogP contribution in [0.4, 0.5) is 17.1 Å². The second kappa shape index (κ2) is 9.70. The topological polar surface area (TPSA) is 86.8 Å². The third-order valence-electron chi connectivity index (χ3n) is 5.21. The van der Waals surface area contributed by atoms with Gasteiger partial charge in [0.2, 0.25) is 21.8 Å². The van der Waals surface area contributed by atoms with Crippen molar-refractivity contribution >= 4 is 50.5 Å². The van der Waals surface area contributed by atoms with Gasteiger partial charge in [-0.15, -0.1) is 0 Å². The highest BCUT2D eigenvalue weighted by Crippen LogP contribution is 2.28. The first kappa shape index (κ1) is 23.1. The molecule has 1 aliphatic heterocycles. The molecule has 0 aliphatic carbocycles. The highest BCUT2D eigenvalue weighted by Gasteiger charge is 2.22. The van der Waals surface area contributed by atoms with E-state index in [0.29, 0.717) is 41.3 Å². The van der Waals surface area contributed by atoms with Gasteiger partial charge >= 0.3 is 0 Å². The summed E-state index contributed by atoms with van der Waals surface area (Å²) in [6, 6.07) is 12.3. The van der Waals surface area contributed by atoms with E-state index in [9.17, 15) is 18.0 Å². The molecule has 0 radical (unpaired) electrons. The van der Waals surface area contributed by atoms with Gasteiger partial charge in [-0.1, -0.05) is 17.7 Å². The summed E-state index contributed by atoms with van der Waals surface area (Å²) in [7, 11) is -3.52. The molecule has 9 heteroatoms. The maximum Gasteiger partial charge on any atom is 0.232 e. The Kier molecular flexibility index (Phi) is 7.23. The van der Waals surface area contributed by atoms with Crippen LogP contribution in [0.15, 0.2) is 42.5 Å². The Morgan fingerprint density at radius 1 is 1.19 bits per heavy atom. The summed E-state index contributed by atoms with van der Waals surface area (Å²) in [5.74, 6) is -0.0941. The second-order valence-electron chi connectivity index (χ2n) is 7.57. The van der Waals surface area contributed by atoms with Crippen LogP contribution in [0.2, 0.25) is 5.02 Å². The number of halogens is 1. The molecule has 7 nitrogen and oxygen atoms in total. The Bertz CT molecular complexity index is 1070. The molecule has 0 spiro atoms. The number of benzene rings is 2. The van der Waals surface area contributed by atoms with E-state index in [2.05, 4.69) is 5.32 Å². The smallest absolute Gasteiger partial charge is 0.232 e. The van der Waals surface area contributed by atoms with Crippen LogP contribution in [0.3, 0.4) is 0 Å². The quantitative estimate of drug-likeness (QED) is 0.641. The predicted octanol–water partition coefficient (Wildman–Crippen LogP) is 3.96. The molecular weight excluding hydrogens is 438 g/mol. The van der Waals surface area contributed by atoms with Crippen LogP contribution in [0.25, 0.3) is 0 Å². The second-order valence-corrected chi connectivity index (χ2v) is 9.88. The Hall–Kier alpha value is -2.58. The molecule has 1 heterocycles. The lowest BCUT2D eigenvalue weighted by molar-refractivity contribution is -0.117. The number of hydrogen-bond acceptors (Lipinski definition) is 4. The molecular formula is C22H26ClN3O4S. The van der Waals surface area contributed by atoms with Crippen molar-refractivity contribution in [2.24, 2.45) is 0 Å². The van der Waals surface area contributed by atoms with Crippen molar-refractivity contribution in [1.82, 2.24) is 0 Å². The van der Waals surface area contributed by atoms with Gasteiger partial charge < -0.3 is 10.2 Å². The summed E-state index contributed by atoms with van der Waals surface area (Å²) in [6.07, 6.45) is 3.08. The summed E-state index contributed by atoms with van der Waals surface area (Å²) in [5, 5.41) is 3.30. The first-order chi connectivity index (χ1) is 14.7. The van der Waals surface area contributed by atoms with Crippen molar-refractivity contribution in [2.75, 3.05) is 33.9 Å². The molecule has 0 unspecified atom stereocenters. The van der Waals surface area contributed by atoms with Crippen LogP contribution in [0.1, 0.15) is 31.2 Å². The first-order valence-corrected chi connectivity index (χ1v) is 12.3. The normalized spacial score (nSPS) is 14.0. The van der Waals surface area contributed by atoms with Gasteiger partial charge in [0.1, 0.15) is 0 Å². The van der Waals surface area contributed by atoms with Gasteiger partial charge in [0.15, 0.2) is 0 Å². The van der Waals surface area contributed by atoms with Gasteiger partial charge in [0.05, 0.1) is 11.9 Å². The van der Waals surface area contributed by atoms with E-state index >= 15 is 0 Å². The third kappa shape index (κ3) is 5.77. The Morgan fingerprint density at radius 2 is 1.90 bits per heavy atom. The Balaban J connectivity index is 1.57. The fraction of sp³-hybridized carbons (Fsp3) is 0.364. The summed E-state index contributed by atoms with van der Waals surface area (Å²) in [5.41, 5.74) is 2.64. The van der Waals surface area contributed by atoms with Crippen LogP contribution in [-0.4, -0.2) is 39.6 Å². The number of carbonyl (C=O) groups is 2. The summed E-state index contributed by atoms with van der Waals surface area (Å²) in [4.78, 5) is 25.9. The molecule has 1 N–H and O–H groups in total. The van der Waals surface area contributed by atoms with Crippen molar-refractivity contribution in [1.29, 1.82) is 0 Å². The average molecular weight is 464 g/mol. The summed E-state index contributed by atoms with van der Waals surface area (Å²) in [6.45, 7) is 2.65. The van der Waals surface area contributed by atoms with E-state index in [-0.39, 0.29) is 24.8 Å². The predicted molar refractivity (Wildman–Crippen MR) is 124 cm³/mol. The molecule has 1 aliphatic rings. The largest absolute Gasteiger partial charge is 0.326 e. The Morgan fingerprint density at radius 3 is 2.52 bits per heavy atom. The standard InChI is InChI=1S/C22H26ClN3O4S/c1-16-19(23)6-3-7-20(16)26(31(2,29)30)15-4-8-21(27)24-17-10-12-18(13-11-17)25-14-5-9-22(25)28/h3,6-7,10-13H,4-5,8-9,14-15H2,1-2H3,(H,24,27). The van der Waals surface area contributed by atoms with Crippen molar-refractivity contribution in [3.8, 4) is 0 Å². The van der Waals surface area contributed by atoms with E-state index in [1.165, 1.54) is 4.31 Å². The van der Waals surface area contributed by atoms with E-state index in [1.807, 2.05) is 12.1 Å². The maximum atomic E-state index is 12.3. The van der Waals surface area contributed by atoms with Gasteiger partial charge in [-0.3, -0.25) is 13.9 Å². The molecule has 0 saturated carbocycles. The monoisotopic (exact) mass is 463 g/mol. The number of rotatable bonds is 8. The number of amides is 2. The van der Waals surface area contributed by atoms with Gasteiger partial charge in [0.25, 0.3) is 0 Å². The van der Waals surface area contributed by atoms with Crippen LogP contribution in [-0.2, 0) is 19.6 Å². The fourth-order valence-electron chi connectivity index (χ4n) is 3.58. The zero-order valence-electron chi connectivity index (χ0n) is 17.6. The third-order valence-corrected chi connectivity index (χ3v) is 6.80. The summed E-state index contributed by atoms with van der Waals surface area (Å²) >= 11 is 6.14. The van der Waals surface area contributed by atoms with Crippen LogP contribution < -0.4 is 14.5 Å². The lowest BCUT2D eigenvalue weighted by Gasteiger charge is -2.24. The molecule has 2 aromatic rings. The number of anilines is 3. The molecule has 1 saturated heterocycles. The van der Waals surface area contributed by atoms with Crippen LogP contribution in [0, 0.1) is 6.92 Å². The SMILES string of the molecule is Cc1c(Cl)cccc1N(CCCC(=O)Nc1ccc(N2CCCC2=O)cc1)S(C)(=O)=O. The number of sulfonamides is 1. The van der Waals surface area contributed by atoms with Gasteiger partial charge in [-0.2, -0.15) is 0 Å². The lowest BCUT2D eigenvalue weighted by Crippen LogP contribution is -2.32. The van der Waals surface area contributed by atoms with Gasteiger partial charge in [-0.05, 0) is 61.7 Å². The highest BCUT2D eigenvalue weighted by molar-refractivity contribution is 7.92. The minimum atomic E-state index is -3.52. The molecule has 3 rings (SSSR count). The zero-order chi connectivity index (χ0) is 22.6. The molecule has 2 amide bonds. The van der Waals surface area contributed by atoms with E-state index in [1.54, 1.807) is 42.2 Å². The molecule has 0 aromatic heterocycles. The molecule has 2 aromatic carbocycles. The van der Waals surface area contributed by atoms with Crippen molar-refractivity contribution in [3.05, 3.63) is 53.1 Å². The first-order valence-electron chi connectivity index (χ1n) is 10.1. The number of nitrogens with zero attached hydrogens (tertiary/aromatic N) is 2. The number of hydrogen-bond donors (Lipinski definition) is 1. The van der Waals surface area contributed by atoms with Gasteiger partial charge in [-0.25, -0.2) is 8.42 Å². The number of carbonyl (C=O) groups excluding carboxylic acids is 2. The molecule has 0 atom stereocenters. The number of nitrogens with one attached hydrogen (secondary N) is 1. The lowest BCUT2D eigenvalue weighted by atomic mass is 10.2. The molecule has 166 valence electrons. The van der Waals surface area contributed by atoms with E-state index in [4.69, 9.17) is 11.6 Å². The van der Waals surface area contributed by atoms with E-state index in [0.717, 1.165) is 18.4 Å². The summed E-state index contributed by atoms with van der Waals surface area (Å²) < 4.78 is 25.8. The van der Waals surface area contributed by atoms with Crippen LogP contribution in [0.5, 0.6) is 0 Å². The fourth-order valence-corrected chi connectivity index (χ4v) is 4.77. The van der Waals surface area contributed by atoms with Gasteiger partial charge in [0, 0.05) is 42.3 Å². The molecule has 0 bridgehead atoms. The zero-order valence-corrected chi connectivity index (χ0v) is 19.2. The molecule has 1 fully saturated rings. The minimum Gasteiger partial charge on any atom is -0.326 e. The van der Waals surface area contributed by atoms with Crippen molar-refractivity contribution in [2.45, 2.75) is 32.6 Å². The van der Waals surface area contributed by atoms with E-state index < -0.39 is 10.0 Å². The van der Waals surface area contributed by atoms with Crippen molar-refractivity contribution < 1.29 is 18.0 Å².